The average molecular weight is 475 g/mol. The Morgan fingerprint density at radius 1 is 1.23 bits per heavy atom. The third-order valence-electron chi connectivity index (χ3n) is 4.07. The van der Waals surface area contributed by atoms with Crippen molar-refractivity contribution in [3.63, 3.8) is 0 Å². The summed E-state index contributed by atoms with van der Waals surface area (Å²) >= 11 is 7.66. The summed E-state index contributed by atoms with van der Waals surface area (Å²) in [6.07, 6.45) is 1.74. The monoisotopic (exact) mass is 474 g/mol. The maximum absolute atomic E-state index is 12.9. The molecule has 0 radical (unpaired) electrons. The molecular weight excluding hydrogens is 451 g/mol. The second-order valence-electron chi connectivity index (χ2n) is 6.47. The molecule has 2 aromatic rings. The zero-order valence-corrected chi connectivity index (χ0v) is 19.1. The fourth-order valence-corrected chi connectivity index (χ4v) is 4.54. The summed E-state index contributed by atoms with van der Waals surface area (Å²) in [4.78, 5) is 12.3. The molecule has 1 amide bonds. The molecule has 2 aromatic carbocycles. The van der Waals surface area contributed by atoms with E-state index in [4.69, 9.17) is 16.3 Å². The number of sulfonamides is 1. The van der Waals surface area contributed by atoms with Crippen LogP contribution in [-0.2, 0) is 20.6 Å². The van der Waals surface area contributed by atoms with Crippen LogP contribution in [0.5, 0.6) is 5.75 Å². The number of hydrogen-bond acceptors (Lipinski definition) is 5. The van der Waals surface area contributed by atoms with Crippen LogP contribution in [0.3, 0.4) is 0 Å². The number of benzene rings is 2. The van der Waals surface area contributed by atoms with Gasteiger partial charge in [0, 0.05) is 17.3 Å². The van der Waals surface area contributed by atoms with Crippen molar-refractivity contribution >= 4 is 45.0 Å². The van der Waals surface area contributed by atoms with Gasteiger partial charge in [-0.3, -0.25) is 9.10 Å². The fraction of sp³-hybridized carbons (Fsp3) is 0.350. The summed E-state index contributed by atoms with van der Waals surface area (Å²) in [6, 6.07) is 10.9. The van der Waals surface area contributed by atoms with E-state index in [0.29, 0.717) is 17.3 Å². The van der Waals surface area contributed by atoms with E-state index in [9.17, 15) is 17.6 Å². The Morgan fingerprint density at radius 3 is 2.57 bits per heavy atom. The highest BCUT2D eigenvalue weighted by atomic mass is 35.5. The molecule has 0 spiro atoms. The van der Waals surface area contributed by atoms with Gasteiger partial charge in [0.15, 0.2) is 0 Å². The van der Waals surface area contributed by atoms with Crippen LogP contribution < -0.4 is 14.4 Å². The summed E-state index contributed by atoms with van der Waals surface area (Å²) in [7, 11) is -2.32. The van der Waals surface area contributed by atoms with E-state index >= 15 is 0 Å². The molecule has 0 bridgehead atoms. The molecule has 10 heteroatoms. The quantitative estimate of drug-likeness (QED) is 0.503. The number of rotatable bonds is 11. The maximum atomic E-state index is 12.9. The molecule has 0 aliphatic carbocycles. The molecular formula is C20H24ClFN2O4S2. The van der Waals surface area contributed by atoms with Crippen molar-refractivity contribution in [3.8, 4) is 5.75 Å². The minimum Gasteiger partial charge on any atom is -0.495 e. The van der Waals surface area contributed by atoms with Crippen molar-refractivity contribution in [2.24, 2.45) is 0 Å². The number of hydrogen-bond donors (Lipinski definition) is 1. The fourth-order valence-electron chi connectivity index (χ4n) is 2.60. The van der Waals surface area contributed by atoms with Gasteiger partial charge in [-0.25, -0.2) is 12.8 Å². The third-order valence-corrected chi connectivity index (χ3v) is 6.54. The van der Waals surface area contributed by atoms with E-state index in [1.165, 1.54) is 25.3 Å². The Kier molecular flexibility index (Phi) is 9.26. The van der Waals surface area contributed by atoms with Gasteiger partial charge in [-0.05, 0) is 48.1 Å². The van der Waals surface area contributed by atoms with Gasteiger partial charge in [0.05, 0.1) is 19.1 Å². The molecule has 6 nitrogen and oxygen atoms in total. The van der Waals surface area contributed by atoms with Crippen molar-refractivity contribution < 1.29 is 22.3 Å². The Hall–Kier alpha value is -1.97. The zero-order chi connectivity index (χ0) is 22.1. The van der Waals surface area contributed by atoms with Crippen molar-refractivity contribution in [3.05, 3.63) is 58.9 Å². The van der Waals surface area contributed by atoms with Crippen molar-refractivity contribution in [1.82, 2.24) is 5.32 Å². The molecule has 0 saturated heterocycles. The van der Waals surface area contributed by atoms with Gasteiger partial charge in [-0.15, -0.1) is 0 Å². The molecule has 0 aliphatic heterocycles. The van der Waals surface area contributed by atoms with Crippen LogP contribution in [0, 0.1) is 5.82 Å². The number of anilines is 1. The first-order valence-electron chi connectivity index (χ1n) is 9.11. The number of methoxy groups -OCH3 is 1. The molecule has 1 N–H and O–H groups in total. The highest BCUT2D eigenvalue weighted by Crippen LogP contribution is 2.32. The Labute approximate surface area is 185 Å². The lowest BCUT2D eigenvalue weighted by molar-refractivity contribution is -0.119. The largest absolute Gasteiger partial charge is 0.495 e. The van der Waals surface area contributed by atoms with Gasteiger partial charge in [0.2, 0.25) is 15.9 Å². The van der Waals surface area contributed by atoms with E-state index in [0.717, 1.165) is 34.1 Å². The third kappa shape index (κ3) is 7.70. The standard InChI is InChI=1S/C20H24ClFN2O4S2/c1-28-19-9-6-16(21)12-18(19)24(30(2,26)27)13-20(25)23-10-3-11-29-14-15-4-7-17(22)8-5-15/h4-9,12H,3,10-11,13-14H2,1-2H3,(H,23,25). The number of carbonyl (C=O) groups is 1. The minimum atomic E-state index is -3.73. The zero-order valence-electron chi connectivity index (χ0n) is 16.7. The molecule has 0 fully saturated rings. The van der Waals surface area contributed by atoms with Crippen LogP contribution in [0.4, 0.5) is 10.1 Å². The number of amides is 1. The molecule has 0 aromatic heterocycles. The van der Waals surface area contributed by atoms with E-state index in [-0.39, 0.29) is 18.0 Å². The van der Waals surface area contributed by atoms with Crippen LogP contribution in [0.15, 0.2) is 42.5 Å². The summed E-state index contributed by atoms with van der Waals surface area (Å²) in [5.41, 5.74) is 1.24. The first-order chi connectivity index (χ1) is 14.2. The van der Waals surface area contributed by atoms with Crippen molar-refractivity contribution in [2.45, 2.75) is 12.2 Å². The van der Waals surface area contributed by atoms with Crippen LogP contribution >= 0.6 is 23.4 Å². The SMILES string of the molecule is COc1ccc(Cl)cc1N(CC(=O)NCCCSCc1ccc(F)cc1)S(C)(=O)=O. The number of thioether (sulfide) groups is 1. The molecule has 0 aliphatic rings. The van der Waals surface area contributed by atoms with Crippen molar-refractivity contribution in [2.75, 3.05) is 36.5 Å². The molecule has 0 atom stereocenters. The highest BCUT2D eigenvalue weighted by molar-refractivity contribution is 7.98. The van der Waals surface area contributed by atoms with Gasteiger partial charge < -0.3 is 10.1 Å². The van der Waals surface area contributed by atoms with Crippen molar-refractivity contribution in [1.29, 1.82) is 0 Å². The van der Waals surface area contributed by atoms with E-state index in [1.54, 1.807) is 36.0 Å². The van der Waals surface area contributed by atoms with Crippen LogP contribution in [0.2, 0.25) is 5.02 Å². The summed E-state index contributed by atoms with van der Waals surface area (Å²) in [5.74, 6) is 1.17. The van der Waals surface area contributed by atoms with Crippen LogP contribution in [0.1, 0.15) is 12.0 Å². The molecule has 0 heterocycles. The van der Waals surface area contributed by atoms with E-state index < -0.39 is 15.9 Å². The van der Waals surface area contributed by atoms with Gasteiger partial charge in [0.25, 0.3) is 0 Å². The number of halogens is 2. The lowest BCUT2D eigenvalue weighted by Crippen LogP contribution is -2.40. The number of nitrogens with one attached hydrogen (secondary N) is 1. The smallest absolute Gasteiger partial charge is 0.240 e. The summed E-state index contributed by atoms with van der Waals surface area (Å²) in [6.45, 7) is 0.0395. The summed E-state index contributed by atoms with van der Waals surface area (Å²) < 4.78 is 43.5. The Bertz CT molecular complexity index is 956. The Morgan fingerprint density at radius 2 is 1.93 bits per heavy atom. The molecule has 164 valence electrons. The van der Waals surface area contributed by atoms with Crippen LogP contribution in [0.25, 0.3) is 0 Å². The molecule has 0 saturated carbocycles. The maximum Gasteiger partial charge on any atom is 0.240 e. The second kappa shape index (κ2) is 11.4. The Balaban J connectivity index is 1.84. The number of ether oxygens (including phenoxy) is 1. The number of nitrogens with zero attached hydrogens (tertiary/aromatic N) is 1. The lowest BCUT2D eigenvalue weighted by Gasteiger charge is -2.24. The highest BCUT2D eigenvalue weighted by Gasteiger charge is 2.24. The molecule has 30 heavy (non-hydrogen) atoms. The van der Waals surface area contributed by atoms with Gasteiger partial charge in [-0.2, -0.15) is 11.8 Å². The summed E-state index contributed by atoms with van der Waals surface area (Å²) in [5, 5.41) is 3.06. The lowest BCUT2D eigenvalue weighted by atomic mass is 10.2. The van der Waals surface area contributed by atoms with E-state index in [1.807, 2.05) is 0 Å². The molecule has 2 rings (SSSR count). The first-order valence-corrected chi connectivity index (χ1v) is 12.5. The predicted molar refractivity (Wildman–Crippen MR) is 120 cm³/mol. The predicted octanol–water partition coefficient (Wildman–Crippen LogP) is 3.69. The number of carbonyl (C=O) groups excluding carboxylic acids is 1. The average Bonchev–Trinajstić information content (AvgIpc) is 2.69. The van der Waals surface area contributed by atoms with Crippen LogP contribution in [-0.4, -0.2) is 46.5 Å². The normalized spacial score (nSPS) is 11.2. The first kappa shape index (κ1) is 24.3. The second-order valence-corrected chi connectivity index (χ2v) is 9.92. The van der Waals surface area contributed by atoms with Gasteiger partial charge in [0.1, 0.15) is 18.1 Å². The topological polar surface area (TPSA) is 75.7 Å². The van der Waals surface area contributed by atoms with Gasteiger partial charge in [-0.1, -0.05) is 23.7 Å². The minimum absolute atomic E-state index is 0.206. The van der Waals surface area contributed by atoms with E-state index in [2.05, 4.69) is 5.32 Å². The van der Waals surface area contributed by atoms with Gasteiger partial charge >= 0.3 is 0 Å². The molecule has 0 unspecified atom stereocenters.